The minimum Gasteiger partial charge on any atom is -0.462 e. The Hall–Kier alpha value is -0.0900. The van der Waals surface area contributed by atoms with Gasteiger partial charge in [0, 0.05) is 13.3 Å². The highest BCUT2D eigenvalue weighted by Crippen LogP contribution is 2.70. The van der Waals surface area contributed by atoms with Gasteiger partial charge in [0.1, 0.15) is 6.10 Å². The first-order valence-electron chi connectivity index (χ1n) is 12.4. The molecular formula is C26H40O2S2. The third-order valence-electron chi connectivity index (χ3n) is 10.1. The maximum Gasteiger partial charge on any atom is 0.302 e. The highest BCUT2D eigenvalue weighted by atomic mass is 32.2. The zero-order chi connectivity index (χ0) is 21.1. The van der Waals surface area contributed by atoms with Crippen molar-refractivity contribution in [2.75, 3.05) is 11.5 Å². The molecule has 0 spiro atoms. The Bertz CT molecular complexity index is 727. The van der Waals surface area contributed by atoms with Crippen LogP contribution in [0.4, 0.5) is 0 Å². The van der Waals surface area contributed by atoms with Crippen LogP contribution in [0.3, 0.4) is 0 Å². The lowest BCUT2D eigenvalue weighted by Crippen LogP contribution is -2.52. The molecule has 0 aromatic rings. The van der Waals surface area contributed by atoms with E-state index in [0.29, 0.717) is 14.9 Å². The van der Waals surface area contributed by atoms with E-state index in [-0.39, 0.29) is 12.1 Å². The smallest absolute Gasteiger partial charge is 0.302 e. The molecule has 4 fully saturated rings. The summed E-state index contributed by atoms with van der Waals surface area (Å²) < 4.78 is 6.06. The molecule has 1 unspecified atom stereocenters. The van der Waals surface area contributed by atoms with Crippen LogP contribution < -0.4 is 0 Å². The van der Waals surface area contributed by atoms with Crippen molar-refractivity contribution in [1.29, 1.82) is 0 Å². The van der Waals surface area contributed by atoms with E-state index in [1.54, 1.807) is 12.5 Å². The fourth-order valence-electron chi connectivity index (χ4n) is 8.68. The summed E-state index contributed by atoms with van der Waals surface area (Å²) in [4.78, 5) is 11.5. The van der Waals surface area contributed by atoms with Crippen LogP contribution in [-0.2, 0) is 9.53 Å². The molecule has 0 aromatic heterocycles. The maximum atomic E-state index is 11.5. The number of ether oxygens (including phenoxy) is 1. The summed E-state index contributed by atoms with van der Waals surface area (Å²) in [5.41, 5.74) is 2.49. The van der Waals surface area contributed by atoms with Gasteiger partial charge in [-0.2, -0.15) is 0 Å². The standard InChI is InChI=1S/C26H40O2S2/c1-17(27)28-19-10-12-24(2)18(16-19)6-7-20-21-8-9-23(25(21,3)13-11-22(20)24)26(4)29-14-5-15-30-26/h6,19-23H,5,7-16H2,1-4H3/t19-,20+,21+,22+,23?,24+,25+/m1/s1. The van der Waals surface area contributed by atoms with Gasteiger partial charge < -0.3 is 4.74 Å². The van der Waals surface area contributed by atoms with Gasteiger partial charge in [0.25, 0.3) is 0 Å². The fourth-order valence-corrected chi connectivity index (χ4v) is 12.3. The quantitative estimate of drug-likeness (QED) is 0.333. The van der Waals surface area contributed by atoms with E-state index in [0.717, 1.165) is 36.5 Å². The van der Waals surface area contributed by atoms with E-state index in [9.17, 15) is 4.79 Å². The Morgan fingerprint density at radius 3 is 2.53 bits per heavy atom. The fraction of sp³-hybridized carbons (Fsp3) is 0.885. The molecule has 7 atom stereocenters. The molecule has 168 valence electrons. The Morgan fingerprint density at radius 1 is 1.03 bits per heavy atom. The summed E-state index contributed by atoms with van der Waals surface area (Å²) >= 11 is 4.56. The molecular weight excluding hydrogens is 408 g/mol. The third-order valence-corrected chi connectivity index (χ3v) is 13.5. The number of hydrogen-bond acceptors (Lipinski definition) is 4. The lowest BCUT2D eigenvalue weighted by atomic mass is 9.47. The largest absolute Gasteiger partial charge is 0.462 e. The monoisotopic (exact) mass is 448 g/mol. The predicted molar refractivity (Wildman–Crippen MR) is 129 cm³/mol. The molecule has 1 saturated heterocycles. The van der Waals surface area contributed by atoms with Crippen molar-refractivity contribution in [2.24, 2.45) is 34.5 Å². The van der Waals surface area contributed by atoms with Crippen molar-refractivity contribution in [1.82, 2.24) is 0 Å². The Labute approximate surface area is 192 Å². The molecule has 0 aromatic carbocycles. The molecule has 5 rings (SSSR count). The van der Waals surface area contributed by atoms with Crippen molar-refractivity contribution in [3.05, 3.63) is 11.6 Å². The van der Waals surface area contributed by atoms with Crippen LogP contribution in [0.5, 0.6) is 0 Å². The Balaban J connectivity index is 1.38. The average Bonchev–Trinajstić information content (AvgIpc) is 3.06. The van der Waals surface area contributed by atoms with Crippen molar-refractivity contribution < 1.29 is 9.53 Å². The molecule has 4 aliphatic carbocycles. The summed E-state index contributed by atoms with van der Waals surface area (Å²) in [5, 5.41) is 0. The lowest BCUT2D eigenvalue weighted by molar-refractivity contribution is -0.148. The van der Waals surface area contributed by atoms with Gasteiger partial charge in [0.2, 0.25) is 0 Å². The zero-order valence-corrected chi connectivity index (χ0v) is 21.0. The number of esters is 1. The highest BCUT2D eigenvalue weighted by Gasteiger charge is 2.61. The van der Waals surface area contributed by atoms with Crippen LogP contribution in [0, 0.1) is 34.5 Å². The maximum absolute atomic E-state index is 11.5. The van der Waals surface area contributed by atoms with Crippen molar-refractivity contribution in [3.8, 4) is 0 Å². The van der Waals surface area contributed by atoms with E-state index in [2.05, 4.69) is 50.4 Å². The number of rotatable bonds is 2. The topological polar surface area (TPSA) is 26.3 Å². The van der Waals surface area contributed by atoms with Gasteiger partial charge in [0.05, 0.1) is 4.08 Å². The van der Waals surface area contributed by atoms with Gasteiger partial charge in [-0.15, -0.1) is 23.5 Å². The molecule has 0 bridgehead atoms. The number of carbonyl (C=O) groups excluding carboxylic acids is 1. The summed E-state index contributed by atoms with van der Waals surface area (Å²) in [5.74, 6) is 6.10. The molecule has 0 N–H and O–H groups in total. The molecule has 0 radical (unpaired) electrons. The van der Waals surface area contributed by atoms with E-state index < -0.39 is 0 Å². The molecule has 3 saturated carbocycles. The second-order valence-electron chi connectivity index (χ2n) is 11.5. The van der Waals surface area contributed by atoms with E-state index >= 15 is 0 Å². The van der Waals surface area contributed by atoms with Gasteiger partial charge in [-0.25, -0.2) is 0 Å². The molecule has 1 aliphatic heterocycles. The van der Waals surface area contributed by atoms with Gasteiger partial charge in [-0.3, -0.25) is 4.79 Å². The van der Waals surface area contributed by atoms with E-state index in [1.807, 2.05) is 0 Å². The minimum atomic E-state index is -0.115. The van der Waals surface area contributed by atoms with Gasteiger partial charge >= 0.3 is 5.97 Å². The normalized spacial score (nSPS) is 47.5. The number of thioether (sulfide) groups is 2. The van der Waals surface area contributed by atoms with Crippen LogP contribution in [0.15, 0.2) is 11.6 Å². The zero-order valence-electron chi connectivity index (χ0n) is 19.4. The van der Waals surface area contributed by atoms with Crippen molar-refractivity contribution >= 4 is 29.5 Å². The average molecular weight is 449 g/mol. The van der Waals surface area contributed by atoms with Gasteiger partial charge in [-0.1, -0.05) is 25.5 Å². The molecule has 30 heavy (non-hydrogen) atoms. The molecule has 2 nitrogen and oxygen atoms in total. The second-order valence-corrected chi connectivity index (χ2v) is 14.8. The van der Waals surface area contributed by atoms with Gasteiger partial charge in [0.15, 0.2) is 0 Å². The molecule has 5 aliphatic rings. The summed E-state index contributed by atoms with van der Waals surface area (Å²) in [7, 11) is 0. The number of hydrogen-bond donors (Lipinski definition) is 0. The van der Waals surface area contributed by atoms with E-state index in [4.69, 9.17) is 4.74 Å². The number of allylic oxidation sites excluding steroid dienone is 1. The van der Waals surface area contributed by atoms with E-state index in [1.165, 1.54) is 56.5 Å². The van der Waals surface area contributed by atoms with Crippen LogP contribution in [0.2, 0.25) is 0 Å². The molecule has 4 heteroatoms. The Kier molecular flexibility index (Phi) is 5.62. The van der Waals surface area contributed by atoms with Crippen LogP contribution >= 0.6 is 23.5 Å². The Morgan fingerprint density at radius 2 is 1.80 bits per heavy atom. The first-order valence-corrected chi connectivity index (χ1v) is 14.4. The number of carbonyl (C=O) groups is 1. The lowest BCUT2D eigenvalue weighted by Gasteiger charge is -2.59. The predicted octanol–water partition coefficient (Wildman–Crippen LogP) is 7.08. The van der Waals surface area contributed by atoms with Crippen molar-refractivity contribution in [2.45, 2.75) is 95.7 Å². The first-order chi connectivity index (χ1) is 14.3. The molecule has 1 heterocycles. The SMILES string of the molecule is CC(=O)O[C@@H]1CC[C@@]2(C)C(=CC[C@@H]3[C@@H]2CC[C@]2(C)C(C4(C)SCCCS4)CC[C@@H]32)C1. The highest BCUT2D eigenvalue weighted by molar-refractivity contribution is 8.18. The van der Waals surface area contributed by atoms with Gasteiger partial charge in [-0.05, 0) is 104 Å². The molecule has 0 amide bonds. The summed E-state index contributed by atoms with van der Waals surface area (Å²) in [6.45, 7) is 9.39. The summed E-state index contributed by atoms with van der Waals surface area (Å²) in [6.07, 6.45) is 14.3. The minimum absolute atomic E-state index is 0.114. The van der Waals surface area contributed by atoms with Crippen LogP contribution in [-0.4, -0.2) is 27.7 Å². The van der Waals surface area contributed by atoms with Crippen molar-refractivity contribution in [3.63, 3.8) is 0 Å². The number of fused-ring (bicyclic) bond motifs is 5. The summed E-state index contributed by atoms with van der Waals surface area (Å²) in [6, 6.07) is 0. The van der Waals surface area contributed by atoms with Crippen LogP contribution in [0.25, 0.3) is 0 Å². The third kappa shape index (κ3) is 3.33. The second kappa shape index (κ2) is 7.75. The van der Waals surface area contributed by atoms with Crippen LogP contribution in [0.1, 0.15) is 85.5 Å². The first kappa shape index (κ1) is 21.7.